The van der Waals surface area contributed by atoms with Crippen LogP contribution in [0.25, 0.3) is 0 Å². The summed E-state index contributed by atoms with van der Waals surface area (Å²) in [4.78, 5) is 15.5. The number of amides is 1. The van der Waals surface area contributed by atoms with Crippen LogP contribution in [0.5, 0.6) is 0 Å². The van der Waals surface area contributed by atoms with Crippen LogP contribution < -0.4 is 10.8 Å². The van der Waals surface area contributed by atoms with Gasteiger partial charge >= 0.3 is 0 Å². The van der Waals surface area contributed by atoms with E-state index in [4.69, 9.17) is 4.84 Å². The molecule has 2 N–H and O–H groups in total. The van der Waals surface area contributed by atoms with Crippen molar-refractivity contribution in [1.82, 2.24) is 10.8 Å². The summed E-state index contributed by atoms with van der Waals surface area (Å²) >= 11 is 0. The van der Waals surface area contributed by atoms with Gasteiger partial charge in [-0.1, -0.05) is 0 Å². The molecule has 0 saturated carbocycles. The Balaban J connectivity index is 2.32. The first-order valence-electron chi connectivity index (χ1n) is 2.93. The Morgan fingerprint density at radius 2 is 2.67 bits per heavy atom. The quantitative estimate of drug-likeness (QED) is 0.480. The van der Waals surface area contributed by atoms with Crippen molar-refractivity contribution in [3.8, 4) is 0 Å². The minimum atomic E-state index is -0.144. The highest BCUT2D eigenvalue weighted by molar-refractivity contribution is 5.81. The summed E-state index contributed by atoms with van der Waals surface area (Å²) in [7, 11) is 1.61. The van der Waals surface area contributed by atoms with Crippen LogP contribution in [-0.4, -0.2) is 25.6 Å². The Morgan fingerprint density at radius 1 is 1.89 bits per heavy atom. The van der Waals surface area contributed by atoms with Gasteiger partial charge in [0.1, 0.15) is 6.04 Å². The molecule has 0 radical (unpaired) electrons. The predicted octanol–water partition coefficient (Wildman–Crippen LogP) is -0.974. The van der Waals surface area contributed by atoms with Crippen molar-refractivity contribution in [2.75, 3.05) is 13.7 Å². The lowest BCUT2D eigenvalue weighted by atomic mass is 10.2. The number of hydroxylamine groups is 1. The summed E-state index contributed by atoms with van der Waals surface area (Å²) in [5.41, 5.74) is 2.60. The Bertz CT molecular complexity index is 110. The molecule has 0 bridgehead atoms. The number of carbonyl (C=O) groups excluding carboxylic acids is 1. The molecule has 1 atom stereocenters. The third-order valence-electron chi connectivity index (χ3n) is 1.30. The molecule has 0 spiro atoms. The second-order valence-corrected chi connectivity index (χ2v) is 1.92. The van der Waals surface area contributed by atoms with Gasteiger partial charge in [-0.3, -0.25) is 4.79 Å². The zero-order chi connectivity index (χ0) is 6.69. The van der Waals surface area contributed by atoms with Gasteiger partial charge < -0.3 is 10.2 Å². The molecule has 4 nitrogen and oxygen atoms in total. The van der Waals surface area contributed by atoms with Crippen molar-refractivity contribution in [2.45, 2.75) is 12.5 Å². The van der Waals surface area contributed by atoms with Crippen molar-refractivity contribution >= 4 is 5.91 Å². The minimum Gasteiger partial charge on any atom is -0.358 e. The Labute approximate surface area is 53.5 Å². The van der Waals surface area contributed by atoms with Crippen molar-refractivity contribution in [2.24, 2.45) is 0 Å². The van der Waals surface area contributed by atoms with E-state index in [1.54, 1.807) is 7.05 Å². The number of hydrogen-bond acceptors (Lipinski definition) is 3. The highest BCUT2D eigenvalue weighted by Gasteiger charge is 2.21. The zero-order valence-corrected chi connectivity index (χ0v) is 5.31. The van der Waals surface area contributed by atoms with Gasteiger partial charge in [0.25, 0.3) is 0 Å². The standard InChI is InChI=1S/C5H10N2O2/c1-6-5(8)4-2-3-9-7-4/h4,7H,2-3H2,1H3,(H,6,8)/t4-/m0/s1. The maximum Gasteiger partial charge on any atom is 0.239 e. The van der Waals surface area contributed by atoms with Crippen molar-refractivity contribution in [1.29, 1.82) is 0 Å². The van der Waals surface area contributed by atoms with Gasteiger partial charge in [0.2, 0.25) is 5.91 Å². The predicted molar refractivity (Wildman–Crippen MR) is 31.6 cm³/mol. The maximum absolute atomic E-state index is 10.8. The maximum atomic E-state index is 10.8. The molecule has 9 heavy (non-hydrogen) atoms. The summed E-state index contributed by atoms with van der Waals surface area (Å²) in [5, 5.41) is 2.53. The van der Waals surface area contributed by atoms with Gasteiger partial charge in [0.15, 0.2) is 0 Å². The molecule has 1 fully saturated rings. The van der Waals surface area contributed by atoms with Crippen molar-refractivity contribution < 1.29 is 9.63 Å². The van der Waals surface area contributed by atoms with E-state index in [2.05, 4.69) is 10.8 Å². The van der Waals surface area contributed by atoms with Gasteiger partial charge in [-0.05, 0) is 6.42 Å². The molecule has 0 aliphatic carbocycles. The van der Waals surface area contributed by atoms with E-state index >= 15 is 0 Å². The van der Waals surface area contributed by atoms with E-state index in [0.717, 1.165) is 6.42 Å². The van der Waals surface area contributed by atoms with E-state index in [1.165, 1.54) is 0 Å². The minimum absolute atomic E-state index is 0.00694. The molecule has 1 aliphatic heterocycles. The number of nitrogens with one attached hydrogen (secondary N) is 2. The Hall–Kier alpha value is -0.610. The monoisotopic (exact) mass is 130 g/mol. The van der Waals surface area contributed by atoms with Crippen LogP contribution in [0.3, 0.4) is 0 Å². The van der Waals surface area contributed by atoms with E-state index < -0.39 is 0 Å². The Morgan fingerprint density at radius 3 is 3.11 bits per heavy atom. The highest BCUT2D eigenvalue weighted by atomic mass is 16.7. The summed E-state index contributed by atoms with van der Waals surface area (Å²) in [6.07, 6.45) is 0.764. The van der Waals surface area contributed by atoms with Gasteiger partial charge in [-0.2, -0.15) is 5.48 Å². The molecular weight excluding hydrogens is 120 g/mol. The van der Waals surface area contributed by atoms with Gasteiger partial charge in [-0.15, -0.1) is 0 Å². The fraction of sp³-hybridized carbons (Fsp3) is 0.800. The molecule has 4 heteroatoms. The second kappa shape index (κ2) is 2.80. The molecule has 1 rings (SSSR count). The molecule has 0 aromatic heterocycles. The fourth-order valence-corrected chi connectivity index (χ4v) is 0.754. The van der Waals surface area contributed by atoms with Crippen LogP contribution in [0, 0.1) is 0 Å². The number of likely N-dealkylation sites (N-methyl/N-ethyl adjacent to an activating group) is 1. The lowest BCUT2D eigenvalue weighted by Gasteiger charge is -2.04. The van der Waals surface area contributed by atoms with E-state index in [9.17, 15) is 4.79 Å². The third kappa shape index (κ3) is 1.40. The average Bonchev–Trinajstić information content (AvgIpc) is 2.37. The van der Waals surface area contributed by atoms with Crippen LogP contribution >= 0.6 is 0 Å². The molecule has 1 heterocycles. The zero-order valence-electron chi connectivity index (χ0n) is 5.31. The second-order valence-electron chi connectivity index (χ2n) is 1.92. The molecule has 1 amide bonds. The van der Waals surface area contributed by atoms with Crippen molar-refractivity contribution in [3.05, 3.63) is 0 Å². The molecule has 0 unspecified atom stereocenters. The number of rotatable bonds is 1. The average molecular weight is 130 g/mol. The smallest absolute Gasteiger partial charge is 0.239 e. The first-order chi connectivity index (χ1) is 4.34. The SMILES string of the molecule is CNC(=O)[C@@H]1CCON1. The van der Waals surface area contributed by atoms with Crippen molar-refractivity contribution in [3.63, 3.8) is 0 Å². The number of carbonyl (C=O) groups is 1. The topological polar surface area (TPSA) is 50.4 Å². The van der Waals surface area contributed by atoms with Crippen LogP contribution in [0.2, 0.25) is 0 Å². The highest BCUT2D eigenvalue weighted by Crippen LogP contribution is 1.99. The fourth-order valence-electron chi connectivity index (χ4n) is 0.754. The molecular formula is C5H10N2O2. The molecule has 0 aromatic carbocycles. The van der Waals surface area contributed by atoms with Gasteiger partial charge in [0.05, 0.1) is 6.61 Å². The summed E-state index contributed by atoms with van der Waals surface area (Å²) < 4.78 is 0. The first kappa shape index (κ1) is 6.51. The summed E-state index contributed by atoms with van der Waals surface area (Å²) in [6.45, 7) is 0.623. The van der Waals surface area contributed by atoms with Crippen LogP contribution in [0.15, 0.2) is 0 Å². The Kier molecular flexibility index (Phi) is 2.02. The normalized spacial score (nSPS) is 26.1. The molecule has 1 aliphatic rings. The first-order valence-corrected chi connectivity index (χ1v) is 2.93. The van der Waals surface area contributed by atoms with Gasteiger partial charge in [-0.25, -0.2) is 0 Å². The summed E-state index contributed by atoms with van der Waals surface area (Å²) in [5.74, 6) is -0.00694. The molecule has 1 saturated heterocycles. The van der Waals surface area contributed by atoms with Gasteiger partial charge in [0, 0.05) is 7.05 Å². The number of hydrogen-bond donors (Lipinski definition) is 2. The molecule has 52 valence electrons. The molecule has 0 aromatic rings. The van der Waals surface area contributed by atoms with Crippen LogP contribution in [-0.2, 0) is 9.63 Å². The van der Waals surface area contributed by atoms with E-state index in [0.29, 0.717) is 6.61 Å². The van der Waals surface area contributed by atoms with E-state index in [1.807, 2.05) is 0 Å². The van der Waals surface area contributed by atoms with Crippen LogP contribution in [0.4, 0.5) is 0 Å². The largest absolute Gasteiger partial charge is 0.358 e. The third-order valence-corrected chi connectivity index (χ3v) is 1.30. The lowest BCUT2D eigenvalue weighted by Crippen LogP contribution is -2.37. The van der Waals surface area contributed by atoms with E-state index in [-0.39, 0.29) is 11.9 Å². The summed E-state index contributed by atoms with van der Waals surface area (Å²) in [6, 6.07) is -0.144. The lowest BCUT2D eigenvalue weighted by molar-refractivity contribution is -0.123. The van der Waals surface area contributed by atoms with Crippen LogP contribution in [0.1, 0.15) is 6.42 Å².